The van der Waals surface area contributed by atoms with E-state index in [4.69, 9.17) is 37.4 Å². The van der Waals surface area contributed by atoms with Crippen molar-refractivity contribution in [3.05, 3.63) is 112 Å². The van der Waals surface area contributed by atoms with E-state index in [0.29, 0.717) is 49.8 Å². The zero-order chi connectivity index (χ0) is 33.2. The molecule has 238 valence electrons. The molecule has 12 heteroatoms. The van der Waals surface area contributed by atoms with E-state index in [2.05, 4.69) is 16.0 Å². The number of hydrogen-bond donors (Lipinski definition) is 3. The van der Waals surface area contributed by atoms with E-state index in [1.165, 1.54) is 39.2 Å². The highest BCUT2D eigenvalue weighted by Gasteiger charge is 2.19. The van der Waals surface area contributed by atoms with Gasteiger partial charge in [0.1, 0.15) is 11.4 Å². The molecule has 1 unspecified atom stereocenters. The Morgan fingerprint density at radius 3 is 2.09 bits per heavy atom. The second-order valence-electron chi connectivity index (χ2n) is 9.68. The third-order valence-electron chi connectivity index (χ3n) is 6.55. The number of benzene rings is 4. The van der Waals surface area contributed by atoms with Crippen molar-refractivity contribution in [1.29, 1.82) is 0 Å². The van der Waals surface area contributed by atoms with Gasteiger partial charge in [-0.3, -0.25) is 14.4 Å². The lowest BCUT2D eigenvalue weighted by molar-refractivity contribution is -0.115. The van der Waals surface area contributed by atoms with Gasteiger partial charge in [0.25, 0.3) is 11.8 Å². The van der Waals surface area contributed by atoms with Crippen LogP contribution in [0.1, 0.15) is 22.8 Å². The second-order valence-corrected chi connectivity index (χ2v) is 11.9. The highest BCUT2D eigenvalue weighted by atomic mass is 35.5. The molecule has 3 N–H and O–H groups in total. The van der Waals surface area contributed by atoms with Crippen LogP contribution >= 0.6 is 35.0 Å². The van der Waals surface area contributed by atoms with Crippen molar-refractivity contribution in [2.75, 3.05) is 32.0 Å². The number of carbonyl (C=O) groups is 3. The van der Waals surface area contributed by atoms with E-state index < -0.39 is 17.1 Å². The quantitative estimate of drug-likeness (QED) is 0.105. The van der Waals surface area contributed by atoms with Gasteiger partial charge >= 0.3 is 0 Å². The first-order valence-corrected chi connectivity index (χ1v) is 15.5. The Morgan fingerprint density at radius 2 is 1.43 bits per heavy atom. The van der Waals surface area contributed by atoms with E-state index in [9.17, 15) is 14.4 Å². The summed E-state index contributed by atoms with van der Waals surface area (Å²) in [6.45, 7) is 1.77. The number of amides is 3. The van der Waals surface area contributed by atoms with Gasteiger partial charge in [0.15, 0.2) is 11.5 Å². The van der Waals surface area contributed by atoms with Gasteiger partial charge in [0.2, 0.25) is 5.91 Å². The lowest BCUT2D eigenvalue weighted by atomic mass is 10.1. The van der Waals surface area contributed by atoms with Crippen LogP contribution in [0.25, 0.3) is 6.08 Å². The second kappa shape index (κ2) is 16.1. The zero-order valence-electron chi connectivity index (χ0n) is 25.4. The van der Waals surface area contributed by atoms with Gasteiger partial charge in [-0.15, -0.1) is 11.8 Å². The summed E-state index contributed by atoms with van der Waals surface area (Å²) < 4.78 is 16.3. The summed E-state index contributed by atoms with van der Waals surface area (Å²) in [5.74, 6) is -0.0495. The molecule has 0 aliphatic heterocycles. The maximum atomic E-state index is 13.6. The van der Waals surface area contributed by atoms with Gasteiger partial charge < -0.3 is 30.2 Å². The first-order valence-electron chi connectivity index (χ1n) is 13.8. The Bertz CT molecular complexity index is 1750. The van der Waals surface area contributed by atoms with Crippen LogP contribution in [0.3, 0.4) is 0 Å². The molecule has 9 nitrogen and oxygen atoms in total. The number of anilines is 2. The molecular weight excluding hydrogens is 649 g/mol. The maximum Gasteiger partial charge on any atom is 0.272 e. The number of hydrogen-bond acceptors (Lipinski definition) is 7. The van der Waals surface area contributed by atoms with E-state index in [1.54, 1.807) is 91.9 Å². The lowest BCUT2D eigenvalue weighted by Gasteiger charge is -2.15. The molecule has 4 aromatic carbocycles. The fourth-order valence-corrected chi connectivity index (χ4v) is 5.37. The van der Waals surface area contributed by atoms with Crippen molar-refractivity contribution < 1.29 is 28.6 Å². The molecule has 1 atom stereocenters. The van der Waals surface area contributed by atoms with Crippen LogP contribution in [0.15, 0.2) is 95.5 Å². The fraction of sp³-hybridized carbons (Fsp3) is 0.147. The molecule has 0 aliphatic carbocycles. The largest absolute Gasteiger partial charge is 0.496 e. The number of carbonyl (C=O) groups excluding carboxylic acids is 3. The van der Waals surface area contributed by atoms with Crippen molar-refractivity contribution in [2.45, 2.75) is 17.1 Å². The molecular formula is C34H31Cl2N3O6S. The molecule has 0 radical (unpaired) electrons. The molecule has 3 amide bonds. The summed E-state index contributed by atoms with van der Waals surface area (Å²) >= 11 is 13.5. The smallest absolute Gasteiger partial charge is 0.272 e. The third-order valence-corrected chi connectivity index (χ3v) is 8.22. The number of methoxy groups -OCH3 is 3. The van der Waals surface area contributed by atoms with Gasteiger partial charge in [-0.05, 0) is 73.7 Å². The van der Waals surface area contributed by atoms with Crippen molar-refractivity contribution in [3.8, 4) is 17.2 Å². The minimum Gasteiger partial charge on any atom is -0.496 e. The first kappa shape index (κ1) is 34.2. The van der Waals surface area contributed by atoms with E-state index >= 15 is 0 Å². The van der Waals surface area contributed by atoms with Crippen LogP contribution in [-0.4, -0.2) is 44.3 Å². The molecule has 4 rings (SSSR count). The summed E-state index contributed by atoms with van der Waals surface area (Å²) in [4.78, 5) is 40.2. The molecule has 0 heterocycles. The van der Waals surface area contributed by atoms with Crippen molar-refractivity contribution in [2.24, 2.45) is 0 Å². The third kappa shape index (κ3) is 8.97. The Balaban J connectivity index is 1.53. The molecule has 0 aliphatic rings. The predicted molar refractivity (Wildman–Crippen MR) is 183 cm³/mol. The van der Waals surface area contributed by atoms with Gasteiger partial charge in [0.05, 0.1) is 37.3 Å². The maximum absolute atomic E-state index is 13.6. The van der Waals surface area contributed by atoms with E-state index in [0.717, 1.165) is 4.90 Å². The van der Waals surface area contributed by atoms with Gasteiger partial charge in [-0.1, -0.05) is 41.4 Å². The Kier molecular flexibility index (Phi) is 12.0. The van der Waals surface area contributed by atoms with Crippen LogP contribution in [0, 0.1) is 0 Å². The minimum atomic E-state index is -0.576. The van der Waals surface area contributed by atoms with Gasteiger partial charge in [-0.25, -0.2) is 0 Å². The highest BCUT2D eigenvalue weighted by Crippen LogP contribution is 2.36. The molecule has 0 spiro atoms. The molecule has 0 saturated heterocycles. The lowest BCUT2D eigenvalue weighted by Crippen LogP contribution is -2.30. The van der Waals surface area contributed by atoms with E-state index in [-0.39, 0.29) is 11.6 Å². The average Bonchev–Trinajstić information content (AvgIpc) is 3.06. The fourth-order valence-electron chi connectivity index (χ4n) is 4.16. The molecule has 0 bridgehead atoms. The average molecular weight is 681 g/mol. The SMILES string of the molecule is COc1cc(OC)c(OC)cc1/C=C(\NC(=O)c1ccccc1)C(=O)Nc1ccc(SC(C)C(=O)Nc2cc(Cl)ccc2Cl)cc1. The highest BCUT2D eigenvalue weighted by molar-refractivity contribution is 8.00. The van der Waals surface area contributed by atoms with Crippen LogP contribution < -0.4 is 30.2 Å². The molecule has 0 saturated carbocycles. The zero-order valence-corrected chi connectivity index (χ0v) is 27.7. The van der Waals surface area contributed by atoms with Crippen LogP contribution in [0.5, 0.6) is 17.2 Å². The van der Waals surface area contributed by atoms with Gasteiger partial charge in [-0.2, -0.15) is 0 Å². The number of halogens is 2. The molecule has 46 heavy (non-hydrogen) atoms. The Hall–Kier alpha value is -4.64. The predicted octanol–water partition coefficient (Wildman–Crippen LogP) is 7.55. The topological polar surface area (TPSA) is 115 Å². The van der Waals surface area contributed by atoms with Crippen LogP contribution in [0.4, 0.5) is 11.4 Å². The van der Waals surface area contributed by atoms with Crippen LogP contribution in [0.2, 0.25) is 10.0 Å². The molecule has 0 aromatic heterocycles. The number of rotatable bonds is 12. The monoisotopic (exact) mass is 679 g/mol. The van der Waals surface area contributed by atoms with Crippen molar-refractivity contribution in [3.63, 3.8) is 0 Å². The summed E-state index contributed by atoms with van der Waals surface area (Å²) in [5, 5.41) is 8.70. The van der Waals surface area contributed by atoms with E-state index in [1.807, 2.05) is 0 Å². The van der Waals surface area contributed by atoms with Crippen LogP contribution in [-0.2, 0) is 9.59 Å². The Morgan fingerprint density at radius 1 is 0.783 bits per heavy atom. The van der Waals surface area contributed by atoms with Crippen molar-refractivity contribution >= 4 is 70.1 Å². The number of thioether (sulfide) groups is 1. The Labute approximate surface area is 281 Å². The first-order chi connectivity index (χ1) is 22.1. The molecule has 4 aromatic rings. The summed E-state index contributed by atoms with van der Waals surface area (Å²) in [6.07, 6.45) is 1.49. The normalized spacial score (nSPS) is 11.7. The van der Waals surface area contributed by atoms with Crippen molar-refractivity contribution in [1.82, 2.24) is 5.32 Å². The number of ether oxygens (including phenoxy) is 3. The number of nitrogens with one attached hydrogen (secondary N) is 3. The summed E-state index contributed by atoms with van der Waals surface area (Å²) in [5.41, 5.74) is 1.70. The van der Waals surface area contributed by atoms with Gasteiger partial charge in [0, 0.05) is 32.8 Å². The molecule has 0 fully saturated rings. The summed E-state index contributed by atoms with van der Waals surface area (Å²) in [7, 11) is 4.48. The summed E-state index contributed by atoms with van der Waals surface area (Å²) in [6, 6.07) is 23.6. The standard InChI is InChI=1S/C34H31Cl2N3O6S/c1-20(32(40)38-27-18-23(35)10-15-26(27)36)46-25-13-11-24(12-14-25)37-34(42)28(39-33(41)21-8-6-5-7-9-21)16-22-17-30(44-3)31(45-4)19-29(22)43-2/h5-20H,1-4H3,(H,37,42)(H,38,40)(H,39,41)/b28-16-. The minimum absolute atomic E-state index is 0.0391.